The molecule has 0 radical (unpaired) electrons. The molecule has 7 nitrogen and oxygen atoms in total. The third-order valence-corrected chi connectivity index (χ3v) is 2.30. The van der Waals surface area contributed by atoms with Gasteiger partial charge in [0, 0.05) is 5.56 Å². The third-order valence-electron chi connectivity index (χ3n) is 2.30. The molecule has 1 unspecified atom stereocenters. The van der Waals surface area contributed by atoms with Crippen LogP contribution >= 0.6 is 0 Å². The number of nitrogens with zero attached hydrogens (tertiary/aromatic N) is 4. The van der Waals surface area contributed by atoms with E-state index in [2.05, 4.69) is 15.5 Å². The molecule has 88 valence electrons. The Morgan fingerprint density at radius 1 is 1.35 bits per heavy atom. The maximum atomic E-state index is 10.9. The first-order valence-electron chi connectivity index (χ1n) is 5.03. The van der Waals surface area contributed by atoms with E-state index < -0.39 is 5.91 Å². The first-order chi connectivity index (χ1) is 8.09. The Hall–Kier alpha value is -2.28. The van der Waals surface area contributed by atoms with Crippen molar-refractivity contribution in [3.63, 3.8) is 0 Å². The summed E-state index contributed by atoms with van der Waals surface area (Å²) in [5, 5.41) is 11.2. The van der Waals surface area contributed by atoms with E-state index in [-0.39, 0.29) is 6.04 Å². The lowest BCUT2D eigenvalue weighted by molar-refractivity contribution is 0.100. The van der Waals surface area contributed by atoms with E-state index in [9.17, 15) is 4.79 Å². The van der Waals surface area contributed by atoms with Crippen LogP contribution in [0.25, 0.3) is 5.69 Å². The van der Waals surface area contributed by atoms with Crippen molar-refractivity contribution in [3.8, 4) is 5.69 Å². The summed E-state index contributed by atoms with van der Waals surface area (Å²) in [6.07, 6.45) is 0. The van der Waals surface area contributed by atoms with Crippen LogP contribution in [0.3, 0.4) is 0 Å². The monoisotopic (exact) mass is 232 g/mol. The van der Waals surface area contributed by atoms with Gasteiger partial charge in [-0.2, -0.15) is 4.68 Å². The molecule has 17 heavy (non-hydrogen) atoms. The van der Waals surface area contributed by atoms with Gasteiger partial charge in [-0.3, -0.25) is 4.79 Å². The molecule has 2 rings (SSSR count). The van der Waals surface area contributed by atoms with Crippen LogP contribution in [0.5, 0.6) is 0 Å². The van der Waals surface area contributed by atoms with Crippen molar-refractivity contribution in [1.82, 2.24) is 20.2 Å². The number of tetrazole rings is 1. The van der Waals surface area contributed by atoms with Gasteiger partial charge in [0.25, 0.3) is 0 Å². The summed E-state index contributed by atoms with van der Waals surface area (Å²) < 4.78 is 1.52. The van der Waals surface area contributed by atoms with Crippen LogP contribution in [-0.2, 0) is 0 Å². The van der Waals surface area contributed by atoms with E-state index in [0.717, 1.165) is 5.69 Å². The van der Waals surface area contributed by atoms with Crippen molar-refractivity contribution < 1.29 is 4.79 Å². The van der Waals surface area contributed by atoms with Gasteiger partial charge in [0.1, 0.15) is 0 Å². The Balaban J connectivity index is 2.40. The number of carbonyl (C=O) groups excluding carboxylic acids is 1. The van der Waals surface area contributed by atoms with Crippen LogP contribution in [0.15, 0.2) is 24.3 Å². The molecule has 7 heteroatoms. The van der Waals surface area contributed by atoms with E-state index in [1.165, 1.54) is 4.68 Å². The zero-order chi connectivity index (χ0) is 12.4. The van der Waals surface area contributed by atoms with Crippen molar-refractivity contribution in [2.24, 2.45) is 11.5 Å². The second-order valence-electron chi connectivity index (χ2n) is 3.65. The van der Waals surface area contributed by atoms with Gasteiger partial charge in [0.2, 0.25) is 5.91 Å². The number of nitrogens with two attached hydrogens (primary N) is 2. The van der Waals surface area contributed by atoms with E-state index in [4.69, 9.17) is 11.5 Å². The molecule has 0 aliphatic rings. The number of primary amides is 1. The van der Waals surface area contributed by atoms with Crippen LogP contribution in [0.1, 0.15) is 29.1 Å². The Morgan fingerprint density at radius 3 is 2.53 bits per heavy atom. The lowest BCUT2D eigenvalue weighted by Crippen LogP contribution is -2.14. The van der Waals surface area contributed by atoms with Gasteiger partial charge in [0.05, 0.1) is 11.7 Å². The third kappa shape index (κ3) is 2.13. The number of benzene rings is 1. The first-order valence-corrected chi connectivity index (χ1v) is 5.03. The smallest absolute Gasteiger partial charge is 0.248 e. The highest BCUT2D eigenvalue weighted by molar-refractivity contribution is 5.92. The number of carbonyl (C=O) groups is 1. The van der Waals surface area contributed by atoms with Crippen molar-refractivity contribution in [1.29, 1.82) is 0 Å². The highest BCUT2D eigenvalue weighted by atomic mass is 16.1. The average molecular weight is 232 g/mol. The Kier molecular flexibility index (Phi) is 2.84. The molecule has 0 bridgehead atoms. The van der Waals surface area contributed by atoms with Gasteiger partial charge in [-0.25, -0.2) is 0 Å². The molecule has 2 aromatic rings. The Bertz CT molecular complexity index is 530. The number of aromatic nitrogens is 4. The summed E-state index contributed by atoms with van der Waals surface area (Å²) >= 11 is 0. The lowest BCUT2D eigenvalue weighted by Gasteiger charge is -2.06. The lowest BCUT2D eigenvalue weighted by atomic mass is 10.2. The van der Waals surface area contributed by atoms with Crippen LogP contribution < -0.4 is 11.5 Å². The number of amides is 1. The van der Waals surface area contributed by atoms with E-state index >= 15 is 0 Å². The van der Waals surface area contributed by atoms with Crippen LogP contribution in [0.4, 0.5) is 0 Å². The van der Waals surface area contributed by atoms with E-state index in [1.54, 1.807) is 31.2 Å². The summed E-state index contributed by atoms with van der Waals surface area (Å²) in [6, 6.07) is 6.38. The molecule has 1 amide bonds. The Labute approximate surface area is 97.4 Å². The summed E-state index contributed by atoms with van der Waals surface area (Å²) in [5.74, 6) is 0.0810. The minimum absolute atomic E-state index is 0.277. The minimum Gasteiger partial charge on any atom is -0.366 e. The Morgan fingerprint density at radius 2 is 2.00 bits per heavy atom. The van der Waals surface area contributed by atoms with Crippen LogP contribution in [0.2, 0.25) is 0 Å². The van der Waals surface area contributed by atoms with Gasteiger partial charge in [-0.1, -0.05) is 0 Å². The molecule has 0 spiro atoms. The fourth-order valence-electron chi connectivity index (χ4n) is 1.43. The number of hydrogen-bond donors (Lipinski definition) is 2. The highest BCUT2D eigenvalue weighted by Gasteiger charge is 2.12. The van der Waals surface area contributed by atoms with Crippen LogP contribution in [0, 0.1) is 0 Å². The van der Waals surface area contributed by atoms with Crippen molar-refractivity contribution in [2.75, 3.05) is 0 Å². The maximum Gasteiger partial charge on any atom is 0.248 e. The zero-order valence-electron chi connectivity index (χ0n) is 9.24. The van der Waals surface area contributed by atoms with Gasteiger partial charge in [0.15, 0.2) is 5.82 Å². The van der Waals surface area contributed by atoms with Crippen molar-refractivity contribution in [3.05, 3.63) is 35.7 Å². The predicted octanol–water partition coefficient (Wildman–Crippen LogP) is -0.219. The van der Waals surface area contributed by atoms with Crippen molar-refractivity contribution in [2.45, 2.75) is 13.0 Å². The summed E-state index contributed by atoms with van der Waals surface area (Å²) in [7, 11) is 0. The van der Waals surface area contributed by atoms with E-state index in [0.29, 0.717) is 11.4 Å². The standard InChI is InChI=1S/C10H12N6O/c1-6(11)10-13-14-15-16(10)8-4-2-7(3-5-8)9(12)17/h2-6H,11H2,1H3,(H2,12,17). The molecule has 1 aromatic carbocycles. The second-order valence-corrected chi connectivity index (χ2v) is 3.65. The summed E-state index contributed by atoms with van der Waals surface area (Å²) in [4.78, 5) is 10.9. The molecule has 0 aliphatic carbocycles. The maximum absolute atomic E-state index is 10.9. The molecular formula is C10H12N6O. The van der Waals surface area contributed by atoms with Gasteiger partial charge < -0.3 is 11.5 Å². The molecular weight excluding hydrogens is 220 g/mol. The van der Waals surface area contributed by atoms with Gasteiger partial charge in [-0.05, 0) is 41.6 Å². The SMILES string of the molecule is CC(N)c1nnnn1-c1ccc(C(N)=O)cc1. The van der Waals surface area contributed by atoms with Gasteiger partial charge >= 0.3 is 0 Å². The highest BCUT2D eigenvalue weighted by Crippen LogP contribution is 2.12. The normalized spacial score (nSPS) is 12.4. The average Bonchev–Trinajstić information content (AvgIpc) is 2.78. The molecule has 0 aliphatic heterocycles. The van der Waals surface area contributed by atoms with Crippen LogP contribution in [-0.4, -0.2) is 26.1 Å². The quantitative estimate of drug-likeness (QED) is 0.759. The predicted molar refractivity (Wildman–Crippen MR) is 60.3 cm³/mol. The molecule has 0 saturated carbocycles. The number of hydrogen-bond acceptors (Lipinski definition) is 5. The molecule has 4 N–H and O–H groups in total. The topological polar surface area (TPSA) is 113 Å². The van der Waals surface area contributed by atoms with Gasteiger partial charge in [-0.15, -0.1) is 5.10 Å². The largest absolute Gasteiger partial charge is 0.366 e. The summed E-state index contributed by atoms with van der Waals surface area (Å²) in [6.45, 7) is 1.79. The fraction of sp³-hybridized carbons (Fsp3) is 0.200. The molecule has 1 heterocycles. The summed E-state index contributed by atoms with van der Waals surface area (Å²) in [5.41, 5.74) is 12.1. The number of rotatable bonds is 3. The second kappa shape index (κ2) is 4.30. The fourth-order valence-corrected chi connectivity index (χ4v) is 1.43. The van der Waals surface area contributed by atoms with E-state index in [1.807, 2.05) is 0 Å². The first kappa shape index (κ1) is 11.2. The zero-order valence-corrected chi connectivity index (χ0v) is 9.24. The molecule has 0 fully saturated rings. The molecule has 1 atom stereocenters. The molecule has 0 saturated heterocycles. The minimum atomic E-state index is -0.472. The molecule has 1 aromatic heterocycles. The van der Waals surface area contributed by atoms with Crippen molar-refractivity contribution >= 4 is 5.91 Å².